The molecule has 2 unspecified atom stereocenters. The number of fused-ring (bicyclic) bond motifs is 6. The van der Waals surface area contributed by atoms with Crippen LogP contribution in [-0.4, -0.2) is 47.2 Å². The van der Waals surface area contributed by atoms with Gasteiger partial charge in [-0.15, -0.1) is 0 Å². The molecule has 1 saturated heterocycles. The summed E-state index contributed by atoms with van der Waals surface area (Å²) in [7, 11) is 0. The Kier molecular flexibility index (Phi) is 7.12. The number of aliphatic hydroxyl groups is 1. The van der Waals surface area contributed by atoms with Gasteiger partial charge in [0.25, 0.3) is 0 Å². The fourth-order valence-electron chi connectivity index (χ4n) is 7.03. The first kappa shape index (κ1) is 27.8. The number of hydrogen-bond donors (Lipinski definition) is 1. The van der Waals surface area contributed by atoms with Crippen molar-refractivity contribution in [2.75, 3.05) is 0 Å². The van der Waals surface area contributed by atoms with Crippen LogP contribution in [0, 0.1) is 10.8 Å². The molecule has 6 atom stereocenters. The molecule has 2 bridgehead atoms. The third kappa shape index (κ3) is 4.47. The van der Waals surface area contributed by atoms with Crippen molar-refractivity contribution in [1.82, 2.24) is 0 Å². The Morgan fingerprint density at radius 3 is 2.51 bits per heavy atom. The molecule has 0 aromatic heterocycles. The van der Waals surface area contributed by atoms with Gasteiger partial charge in [-0.05, 0) is 62.0 Å². The standard InChI is InChI=1S/C31H38O8/c1-7-23-35-25-24-18(2)13-16-31(34,29(24,4)5)26(37-28(33)20-11-9-8-10-12-20)22-17-21(39-38-19(3)32)14-15-30(22,6)27(25)36-23/h7-12,21,23,25,27,34H,1,13-17H2,2-6H3/b26-22+/t21?,23?,25-,27-,30-,31-/m1/s1. The lowest BCUT2D eigenvalue weighted by Crippen LogP contribution is -2.59. The number of carbonyl (C=O) groups is 2. The zero-order valence-corrected chi connectivity index (χ0v) is 23.3. The normalized spacial score (nSPS) is 37.2. The van der Waals surface area contributed by atoms with Gasteiger partial charge in [0.1, 0.15) is 29.7 Å². The van der Waals surface area contributed by atoms with Crippen molar-refractivity contribution in [2.24, 2.45) is 10.8 Å². The Balaban J connectivity index is 1.73. The van der Waals surface area contributed by atoms with E-state index in [1.54, 1.807) is 30.3 Å². The van der Waals surface area contributed by atoms with E-state index in [0.717, 1.165) is 11.1 Å². The van der Waals surface area contributed by atoms with Crippen LogP contribution in [0.5, 0.6) is 0 Å². The molecule has 1 aromatic rings. The van der Waals surface area contributed by atoms with Gasteiger partial charge in [0.15, 0.2) is 6.29 Å². The zero-order chi connectivity index (χ0) is 28.2. The second-order valence-electron chi connectivity index (χ2n) is 11.9. The molecule has 0 radical (unpaired) electrons. The van der Waals surface area contributed by atoms with E-state index < -0.39 is 53.0 Å². The minimum Gasteiger partial charge on any atom is -0.424 e. The monoisotopic (exact) mass is 538 g/mol. The number of hydrogen-bond acceptors (Lipinski definition) is 8. The summed E-state index contributed by atoms with van der Waals surface area (Å²) < 4.78 is 19.2. The van der Waals surface area contributed by atoms with E-state index in [9.17, 15) is 14.7 Å². The topological polar surface area (TPSA) is 101 Å². The van der Waals surface area contributed by atoms with Crippen molar-refractivity contribution < 1.29 is 38.7 Å². The van der Waals surface area contributed by atoms with Crippen LogP contribution in [0.2, 0.25) is 0 Å². The highest BCUT2D eigenvalue weighted by molar-refractivity contribution is 5.90. The van der Waals surface area contributed by atoms with Crippen molar-refractivity contribution in [1.29, 1.82) is 0 Å². The lowest BCUT2D eigenvalue weighted by molar-refractivity contribution is -0.300. The number of rotatable bonds is 5. The van der Waals surface area contributed by atoms with Crippen molar-refractivity contribution in [3.8, 4) is 0 Å². The maximum Gasteiger partial charge on any atom is 0.343 e. The zero-order valence-electron chi connectivity index (χ0n) is 23.3. The van der Waals surface area contributed by atoms with Crippen LogP contribution in [0.3, 0.4) is 0 Å². The molecule has 8 nitrogen and oxygen atoms in total. The van der Waals surface area contributed by atoms with Gasteiger partial charge in [0.05, 0.1) is 5.56 Å². The third-order valence-electron chi connectivity index (χ3n) is 9.23. The van der Waals surface area contributed by atoms with Crippen LogP contribution >= 0.6 is 0 Å². The highest BCUT2D eigenvalue weighted by Gasteiger charge is 2.64. The maximum atomic E-state index is 13.5. The average molecular weight is 539 g/mol. The quantitative estimate of drug-likeness (QED) is 0.232. The van der Waals surface area contributed by atoms with Gasteiger partial charge in [0.2, 0.25) is 0 Å². The number of ether oxygens (including phenoxy) is 3. The van der Waals surface area contributed by atoms with Gasteiger partial charge in [-0.25, -0.2) is 9.59 Å². The van der Waals surface area contributed by atoms with Crippen molar-refractivity contribution in [3.05, 3.63) is 71.0 Å². The van der Waals surface area contributed by atoms with Crippen molar-refractivity contribution in [3.63, 3.8) is 0 Å². The molecule has 1 aliphatic heterocycles. The first-order chi connectivity index (χ1) is 18.4. The minimum absolute atomic E-state index is 0.231. The van der Waals surface area contributed by atoms with Crippen LogP contribution in [0.4, 0.5) is 0 Å². The number of benzene rings is 1. The first-order valence-electron chi connectivity index (χ1n) is 13.6. The van der Waals surface area contributed by atoms with Gasteiger partial charge in [-0.2, -0.15) is 4.89 Å². The van der Waals surface area contributed by atoms with Crippen LogP contribution in [0.1, 0.15) is 77.1 Å². The molecule has 8 heteroatoms. The predicted molar refractivity (Wildman–Crippen MR) is 142 cm³/mol. The molecular weight excluding hydrogens is 500 g/mol. The van der Waals surface area contributed by atoms with E-state index in [4.69, 9.17) is 24.0 Å². The first-order valence-corrected chi connectivity index (χ1v) is 13.6. The Hall–Kier alpha value is -2.78. The highest BCUT2D eigenvalue weighted by atomic mass is 17.2. The Labute approximate surface area is 229 Å². The number of allylic oxidation sites excluding steroid dienone is 1. The van der Waals surface area contributed by atoms with Gasteiger partial charge < -0.3 is 19.3 Å². The second kappa shape index (κ2) is 10.0. The number of carbonyl (C=O) groups excluding carboxylic acids is 2. The Morgan fingerprint density at radius 2 is 1.85 bits per heavy atom. The molecule has 1 aromatic carbocycles. The summed E-state index contributed by atoms with van der Waals surface area (Å²) in [6, 6.07) is 8.75. The summed E-state index contributed by atoms with van der Waals surface area (Å²) in [5, 5.41) is 12.7. The SMILES string of the molecule is C=CC1O[C@@H]2C3=C(C)CC[C@@](O)(/C(OC(=O)c4ccccc4)=C4/CC(OOC(C)=O)CC[C@@]4(C)[C@@H]2O1)C3(C)C. The van der Waals surface area contributed by atoms with E-state index >= 15 is 0 Å². The lowest BCUT2D eigenvalue weighted by Gasteiger charge is -2.56. The smallest absolute Gasteiger partial charge is 0.343 e. The minimum atomic E-state index is -1.52. The second-order valence-corrected chi connectivity index (χ2v) is 11.9. The molecule has 210 valence electrons. The molecule has 1 N–H and O–H groups in total. The summed E-state index contributed by atoms with van der Waals surface area (Å²) in [5.74, 6) is -0.872. The Bertz CT molecular complexity index is 1230. The molecule has 0 spiro atoms. The van der Waals surface area contributed by atoms with Crippen molar-refractivity contribution in [2.45, 2.75) is 96.9 Å². The van der Waals surface area contributed by atoms with Crippen LogP contribution < -0.4 is 0 Å². The molecule has 3 aliphatic carbocycles. The molecule has 4 aliphatic rings. The van der Waals surface area contributed by atoms with E-state index in [-0.39, 0.29) is 12.2 Å². The fourth-order valence-corrected chi connectivity index (χ4v) is 7.03. The molecule has 0 amide bonds. The maximum absolute atomic E-state index is 13.5. The molecule has 39 heavy (non-hydrogen) atoms. The van der Waals surface area contributed by atoms with Crippen molar-refractivity contribution >= 4 is 11.9 Å². The summed E-state index contributed by atoms with van der Waals surface area (Å²) in [6.45, 7) is 13.3. The summed E-state index contributed by atoms with van der Waals surface area (Å²) in [6.07, 6.45) is 2.07. The van der Waals surface area contributed by atoms with Crippen LogP contribution in [-0.2, 0) is 28.8 Å². The molecular formula is C31H38O8. The molecule has 1 heterocycles. The largest absolute Gasteiger partial charge is 0.424 e. The summed E-state index contributed by atoms with van der Waals surface area (Å²) in [4.78, 5) is 35.5. The Morgan fingerprint density at radius 1 is 1.13 bits per heavy atom. The van der Waals surface area contributed by atoms with E-state index in [1.807, 2.05) is 19.9 Å². The lowest BCUT2D eigenvalue weighted by atomic mass is 9.53. The highest BCUT2D eigenvalue weighted by Crippen LogP contribution is 2.62. The summed E-state index contributed by atoms with van der Waals surface area (Å²) in [5.41, 5.74) is 0.144. The fraction of sp³-hybridized carbons (Fsp3) is 0.548. The summed E-state index contributed by atoms with van der Waals surface area (Å²) >= 11 is 0. The molecule has 2 fully saturated rings. The third-order valence-corrected chi connectivity index (χ3v) is 9.23. The molecule has 5 rings (SSSR count). The van der Waals surface area contributed by atoms with E-state index in [2.05, 4.69) is 20.4 Å². The van der Waals surface area contributed by atoms with Gasteiger partial charge in [-0.1, -0.05) is 51.1 Å². The average Bonchev–Trinajstić information content (AvgIpc) is 3.33. The van der Waals surface area contributed by atoms with E-state index in [0.29, 0.717) is 36.8 Å². The van der Waals surface area contributed by atoms with Gasteiger partial charge in [-0.3, -0.25) is 4.89 Å². The number of esters is 1. The predicted octanol–water partition coefficient (Wildman–Crippen LogP) is 5.33. The molecule has 1 saturated carbocycles. The van der Waals surface area contributed by atoms with Crippen LogP contribution in [0.25, 0.3) is 0 Å². The van der Waals surface area contributed by atoms with Gasteiger partial charge in [0, 0.05) is 24.2 Å². The van der Waals surface area contributed by atoms with E-state index in [1.165, 1.54) is 6.92 Å². The van der Waals surface area contributed by atoms with Crippen LogP contribution in [0.15, 0.2) is 65.5 Å². The van der Waals surface area contributed by atoms with Gasteiger partial charge >= 0.3 is 11.9 Å².